The van der Waals surface area contributed by atoms with Crippen LogP contribution in [0.4, 0.5) is 0 Å². The van der Waals surface area contributed by atoms with Crippen molar-refractivity contribution in [2.75, 3.05) is 6.61 Å². The zero-order chi connectivity index (χ0) is 8.65. The molecule has 0 N–H and O–H groups in total. The van der Waals surface area contributed by atoms with E-state index in [-0.39, 0.29) is 0 Å². The van der Waals surface area contributed by atoms with Crippen molar-refractivity contribution in [3.05, 3.63) is 0 Å². The third-order valence-corrected chi connectivity index (χ3v) is 2.34. The number of hydrogen-bond donors (Lipinski definition) is 0. The van der Waals surface area contributed by atoms with Crippen LogP contribution in [0.5, 0.6) is 0 Å². The zero-order valence-corrected chi connectivity index (χ0v) is 7.59. The fraction of sp³-hybridized carbons (Fsp3) is 0.900. The summed E-state index contributed by atoms with van der Waals surface area (Å²) in [7, 11) is 0. The number of rotatable bonds is 5. The molecule has 0 aromatic carbocycles. The third-order valence-electron chi connectivity index (χ3n) is 2.34. The molecule has 12 heavy (non-hydrogen) atoms. The minimum absolute atomic E-state index is 0.534. The number of hydrogen-bond acceptors (Lipinski definition) is 2. The Hall–Kier alpha value is -0.550. The van der Waals surface area contributed by atoms with Crippen LogP contribution in [0.15, 0.2) is 0 Å². The molecule has 0 amide bonds. The van der Waals surface area contributed by atoms with Crippen LogP contribution in [-0.4, -0.2) is 12.7 Å². The van der Waals surface area contributed by atoms with E-state index in [9.17, 15) is 0 Å². The predicted octanol–water partition coefficient (Wildman–Crippen LogP) is 2.64. The maximum absolute atomic E-state index is 8.30. The van der Waals surface area contributed by atoms with Gasteiger partial charge in [-0.15, -0.1) is 0 Å². The van der Waals surface area contributed by atoms with Gasteiger partial charge in [-0.25, -0.2) is 0 Å². The lowest BCUT2D eigenvalue weighted by molar-refractivity contribution is 0.102. The van der Waals surface area contributed by atoms with E-state index in [4.69, 9.17) is 10.00 Å². The molecule has 1 heterocycles. The van der Waals surface area contributed by atoms with Gasteiger partial charge in [-0.1, -0.05) is 12.8 Å². The van der Waals surface area contributed by atoms with Crippen molar-refractivity contribution in [3.63, 3.8) is 0 Å². The van der Waals surface area contributed by atoms with Gasteiger partial charge in [-0.3, -0.25) is 0 Å². The Balaban J connectivity index is 1.85. The number of nitrogens with zero attached hydrogens (tertiary/aromatic N) is 1. The van der Waals surface area contributed by atoms with Gasteiger partial charge in [0.1, 0.15) is 0 Å². The summed E-state index contributed by atoms with van der Waals surface area (Å²) < 4.78 is 5.49. The molecule has 1 atom stereocenters. The van der Waals surface area contributed by atoms with Crippen LogP contribution in [0, 0.1) is 11.3 Å². The summed E-state index contributed by atoms with van der Waals surface area (Å²) in [6.45, 7) is 0.961. The van der Waals surface area contributed by atoms with Gasteiger partial charge in [0.25, 0.3) is 0 Å². The molecule has 1 saturated heterocycles. The Morgan fingerprint density at radius 1 is 1.33 bits per heavy atom. The Bertz CT molecular complexity index is 144. The van der Waals surface area contributed by atoms with Gasteiger partial charge >= 0.3 is 0 Å². The second-order valence-corrected chi connectivity index (χ2v) is 3.39. The van der Waals surface area contributed by atoms with Gasteiger partial charge in [-0.2, -0.15) is 5.26 Å². The summed E-state index contributed by atoms with van der Waals surface area (Å²) >= 11 is 0. The van der Waals surface area contributed by atoms with Gasteiger partial charge in [0, 0.05) is 13.0 Å². The molecule has 68 valence electrons. The van der Waals surface area contributed by atoms with Crippen molar-refractivity contribution in [3.8, 4) is 6.07 Å². The Labute approximate surface area is 74.5 Å². The van der Waals surface area contributed by atoms with E-state index < -0.39 is 0 Å². The highest BCUT2D eigenvalue weighted by Gasteiger charge is 2.13. The van der Waals surface area contributed by atoms with Crippen molar-refractivity contribution >= 4 is 0 Å². The number of ether oxygens (including phenoxy) is 1. The highest BCUT2D eigenvalue weighted by molar-refractivity contribution is 4.69. The van der Waals surface area contributed by atoms with Crippen LogP contribution in [0.25, 0.3) is 0 Å². The summed E-state index contributed by atoms with van der Waals surface area (Å²) in [6.07, 6.45) is 8.41. The first-order valence-electron chi connectivity index (χ1n) is 4.92. The van der Waals surface area contributed by atoms with E-state index in [2.05, 4.69) is 6.07 Å². The second kappa shape index (κ2) is 6.02. The summed E-state index contributed by atoms with van der Waals surface area (Å²) in [5, 5.41) is 8.30. The molecule has 0 aliphatic carbocycles. The molecule has 0 saturated carbocycles. The normalized spacial score (nSPS) is 22.4. The topological polar surface area (TPSA) is 33.0 Å². The fourth-order valence-electron chi connectivity index (χ4n) is 1.62. The van der Waals surface area contributed by atoms with Crippen LogP contribution < -0.4 is 0 Å². The summed E-state index contributed by atoms with van der Waals surface area (Å²) in [5.41, 5.74) is 0. The summed E-state index contributed by atoms with van der Waals surface area (Å²) in [6, 6.07) is 2.16. The molecule has 1 unspecified atom stereocenters. The van der Waals surface area contributed by atoms with Crippen LogP contribution in [0.1, 0.15) is 44.9 Å². The largest absolute Gasteiger partial charge is 0.378 e. The standard InChI is InChI=1S/C10H17NO/c11-8-4-2-1-3-6-10-7-5-9-12-10/h10H,1-7,9H2. The molecule has 1 rings (SSSR count). The van der Waals surface area contributed by atoms with E-state index in [1.165, 1.54) is 32.1 Å². The van der Waals surface area contributed by atoms with Gasteiger partial charge in [0.2, 0.25) is 0 Å². The SMILES string of the molecule is N#CCCCCCC1CCCO1. The Kier molecular flexibility index (Phi) is 4.79. The van der Waals surface area contributed by atoms with Crippen molar-refractivity contribution in [2.45, 2.75) is 51.0 Å². The lowest BCUT2D eigenvalue weighted by atomic mass is 10.1. The van der Waals surface area contributed by atoms with Crippen LogP contribution in [-0.2, 0) is 4.74 Å². The molecule has 0 aromatic heterocycles. The van der Waals surface area contributed by atoms with Crippen LogP contribution in [0.3, 0.4) is 0 Å². The smallest absolute Gasteiger partial charge is 0.0621 e. The first-order chi connectivity index (χ1) is 5.93. The highest BCUT2D eigenvalue weighted by atomic mass is 16.5. The van der Waals surface area contributed by atoms with E-state index in [0.717, 1.165) is 13.0 Å². The van der Waals surface area contributed by atoms with E-state index in [1.54, 1.807) is 0 Å². The first kappa shape index (κ1) is 9.54. The lowest BCUT2D eigenvalue weighted by Gasteiger charge is -2.07. The number of nitriles is 1. The molecule has 1 aliphatic heterocycles. The molecule has 0 bridgehead atoms. The Morgan fingerprint density at radius 3 is 2.92 bits per heavy atom. The van der Waals surface area contributed by atoms with Gasteiger partial charge in [0.05, 0.1) is 12.2 Å². The molecule has 1 fully saturated rings. The van der Waals surface area contributed by atoms with E-state index in [0.29, 0.717) is 12.5 Å². The predicted molar refractivity (Wildman–Crippen MR) is 47.7 cm³/mol. The van der Waals surface area contributed by atoms with E-state index in [1.807, 2.05) is 0 Å². The zero-order valence-electron chi connectivity index (χ0n) is 7.59. The molecular formula is C10H17NO. The van der Waals surface area contributed by atoms with Crippen LogP contribution in [0.2, 0.25) is 0 Å². The molecule has 0 aromatic rings. The molecule has 0 radical (unpaired) electrons. The van der Waals surface area contributed by atoms with Gasteiger partial charge in [0.15, 0.2) is 0 Å². The fourth-order valence-corrected chi connectivity index (χ4v) is 1.62. The summed E-state index contributed by atoms with van der Waals surface area (Å²) in [5.74, 6) is 0. The van der Waals surface area contributed by atoms with Crippen LogP contribution >= 0.6 is 0 Å². The first-order valence-corrected chi connectivity index (χ1v) is 4.92. The van der Waals surface area contributed by atoms with Crippen molar-refractivity contribution in [1.29, 1.82) is 5.26 Å². The molecule has 2 nitrogen and oxygen atoms in total. The van der Waals surface area contributed by atoms with E-state index >= 15 is 0 Å². The molecule has 1 aliphatic rings. The Morgan fingerprint density at radius 2 is 2.25 bits per heavy atom. The average molecular weight is 167 g/mol. The molecule has 0 spiro atoms. The minimum Gasteiger partial charge on any atom is -0.378 e. The quantitative estimate of drug-likeness (QED) is 0.590. The van der Waals surface area contributed by atoms with Crippen molar-refractivity contribution in [2.24, 2.45) is 0 Å². The third kappa shape index (κ3) is 3.73. The summed E-state index contributed by atoms with van der Waals surface area (Å²) in [4.78, 5) is 0. The lowest BCUT2D eigenvalue weighted by Crippen LogP contribution is -2.03. The molecular weight excluding hydrogens is 150 g/mol. The van der Waals surface area contributed by atoms with Crippen molar-refractivity contribution in [1.82, 2.24) is 0 Å². The maximum Gasteiger partial charge on any atom is 0.0621 e. The monoisotopic (exact) mass is 167 g/mol. The van der Waals surface area contributed by atoms with Crippen molar-refractivity contribution < 1.29 is 4.74 Å². The minimum atomic E-state index is 0.534. The molecule has 2 heteroatoms. The highest BCUT2D eigenvalue weighted by Crippen LogP contribution is 2.18. The second-order valence-electron chi connectivity index (χ2n) is 3.39. The number of unbranched alkanes of at least 4 members (excludes halogenated alkanes) is 3. The van der Waals surface area contributed by atoms with Gasteiger partial charge < -0.3 is 4.74 Å². The average Bonchev–Trinajstić information content (AvgIpc) is 2.57. The van der Waals surface area contributed by atoms with Gasteiger partial charge in [-0.05, 0) is 25.7 Å². The maximum atomic E-state index is 8.30.